The number of carbonyl (C=O) groups is 1. The number of hydrogen-bond acceptors (Lipinski definition) is 4. The zero-order chi connectivity index (χ0) is 20.4. The second-order valence-electron chi connectivity index (χ2n) is 7.79. The topological polar surface area (TPSA) is 38.8 Å². The summed E-state index contributed by atoms with van der Waals surface area (Å²) in [6.45, 7) is 4.45. The Balaban J connectivity index is 1.79. The molecule has 1 saturated heterocycles. The Labute approximate surface area is 177 Å². The molecule has 152 valence electrons. The van der Waals surface area contributed by atoms with Crippen molar-refractivity contribution in [1.29, 1.82) is 0 Å². The molecule has 2 aliphatic heterocycles. The van der Waals surface area contributed by atoms with E-state index >= 15 is 0 Å². The first-order valence-corrected chi connectivity index (χ1v) is 10.5. The maximum atomic E-state index is 11.1. The molecule has 2 heterocycles. The summed E-state index contributed by atoms with van der Waals surface area (Å²) in [5.74, 6) is 0.651. The van der Waals surface area contributed by atoms with Gasteiger partial charge in [-0.15, -0.1) is 0 Å². The number of benzene rings is 2. The molecule has 2 aromatic carbocycles. The molecule has 0 N–H and O–H groups in total. The lowest BCUT2D eigenvalue weighted by Gasteiger charge is -2.27. The van der Waals surface area contributed by atoms with Gasteiger partial charge < -0.3 is 14.4 Å². The molecule has 0 unspecified atom stereocenters. The predicted molar refractivity (Wildman–Crippen MR) is 115 cm³/mol. The van der Waals surface area contributed by atoms with Gasteiger partial charge in [0, 0.05) is 37.0 Å². The number of likely N-dealkylation sites (tertiary alicyclic amines) is 1. The monoisotopic (exact) mass is 411 g/mol. The summed E-state index contributed by atoms with van der Waals surface area (Å²) in [7, 11) is 2.17. The Bertz CT molecular complexity index is 957. The number of piperidine rings is 1. The number of halogens is 1. The van der Waals surface area contributed by atoms with Crippen LogP contribution >= 0.6 is 11.6 Å². The van der Waals surface area contributed by atoms with Crippen molar-refractivity contribution in [2.75, 3.05) is 26.7 Å². The van der Waals surface area contributed by atoms with E-state index in [2.05, 4.69) is 30.1 Å². The van der Waals surface area contributed by atoms with Crippen molar-refractivity contribution >= 4 is 23.1 Å². The second kappa shape index (κ2) is 8.60. The number of ether oxygens (including phenoxy) is 2. The third-order valence-electron chi connectivity index (χ3n) is 5.67. The van der Waals surface area contributed by atoms with Gasteiger partial charge in [-0.05, 0) is 66.4 Å². The molecular weight excluding hydrogens is 386 g/mol. The molecule has 0 radical (unpaired) electrons. The lowest BCUT2D eigenvalue weighted by atomic mass is 9.86. The van der Waals surface area contributed by atoms with Crippen LogP contribution in [0.1, 0.15) is 42.0 Å². The first kappa shape index (κ1) is 20.0. The molecule has 0 spiro atoms. The van der Waals surface area contributed by atoms with Crippen LogP contribution in [0.15, 0.2) is 42.0 Å². The molecule has 0 bridgehead atoms. The fourth-order valence-corrected chi connectivity index (χ4v) is 4.31. The lowest BCUT2D eigenvalue weighted by Crippen LogP contribution is -2.27. The standard InChI is InChI=1S/C24H26ClNO3/c1-16(27)28-12-9-17-3-6-23-22(13-17)24(18-7-10-26(2)11-8-18)21-5-4-20(25)14-19(21)15-29-23/h3-6,13-14H,7-12,15H2,1-2H3. The van der Waals surface area contributed by atoms with Gasteiger partial charge in [0.1, 0.15) is 12.4 Å². The SMILES string of the molecule is CC(=O)OCCc1ccc2c(c1)C(=C1CCN(C)CC1)c1ccc(Cl)cc1CO2. The number of nitrogens with zero attached hydrogens (tertiary/aromatic N) is 1. The number of carbonyl (C=O) groups excluding carboxylic acids is 1. The van der Waals surface area contributed by atoms with Gasteiger partial charge in [0.2, 0.25) is 0 Å². The minimum Gasteiger partial charge on any atom is -0.488 e. The summed E-state index contributed by atoms with van der Waals surface area (Å²) in [5, 5.41) is 0.730. The highest BCUT2D eigenvalue weighted by molar-refractivity contribution is 6.30. The van der Waals surface area contributed by atoms with Gasteiger partial charge in [-0.25, -0.2) is 0 Å². The van der Waals surface area contributed by atoms with Gasteiger partial charge in [-0.1, -0.05) is 29.3 Å². The van der Waals surface area contributed by atoms with E-state index < -0.39 is 0 Å². The molecule has 2 aliphatic rings. The highest BCUT2D eigenvalue weighted by Gasteiger charge is 2.24. The lowest BCUT2D eigenvalue weighted by molar-refractivity contribution is -0.140. The normalized spacial score (nSPS) is 16.5. The maximum absolute atomic E-state index is 11.1. The summed E-state index contributed by atoms with van der Waals surface area (Å²) in [4.78, 5) is 13.5. The maximum Gasteiger partial charge on any atom is 0.302 e. The molecule has 4 rings (SSSR count). The van der Waals surface area contributed by atoms with Crippen molar-refractivity contribution in [3.05, 3.63) is 69.2 Å². The van der Waals surface area contributed by atoms with Gasteiger partial charge in [0.05, 0.1) is 6.61 Å². The van der Waals surface area contributed by atoms with Gasteiger partial charge in [-0.2, -0.15) is 0 Å². The van der Waals surface area contributed by atoms with Crippen molar-refractivity contribution < 1.29 is 14.3 Å². The Morgan fingerprint density at radius 2 is 1.93 bits per heavy atom. The molecule has 2 aromatic rings. The quantitative estimate of drug-likeness (QED) is 0.676. The Hall–Kier alpha value is -2.30. The highest BCUT2D eigenvalue weighted by Crippen LogP contribution is 2.42. The average Bonchev–Trinajstić information content (AvgIpc) is 2.85. The van der Waals surface area contributed by atoms with Crippen LogP contribution in [0.3, 0.4) is 0 Å². The Kier molecular flexibility index (Phi) is 5.93. The van der Waals surface area contributed by atoms with E-state index in [1.807, 2.05) is 18.2 Å². The van der Waals surface area contributed by atoms with Gasteiger partial charge in [0.25, 0.3) is 0 Å². The van der Waals surface area contributed by atoms with Crippen LogP contribution in [0.2, 0.25) is 5.02 Å². The largest absolute Gasteiger partial charge is 0.488 e. The summed E-state index contributed by atoms with van der Waals surface area (Å²) >= 11 is 6.28. The summed E-state index contributed by atoms with van der Waals surface area (Å²) < 4.78 is 11.3. The van der Waals surface area contributed by atoms with Crippen LogP contribution in [0.4, 0.5) is 0 Å². The van der Waals surface area contributed by atoms with E-state index in [0.717, 1.165) is 53.4 Å². The number of hydrogen-bond donors (Lipinski definition) is 0. The van der Waals surface area contributed by atoms with Crippen molar-refractivity contribution in [3.8, 4) is 5.75 Å². The van der Waals surface area contributed by atoms with Crippen molar-refractivity contribution in [1.82, 2.24) is 4.90 Å². The number of fused-ring (bicyclic) bond motifs is 2. The van der Waals surface area contributed by atoms with Crippen molar-refractivity contribution in [3.63, 3.8) is 0 Å². The first-order valence-electron chi connectivity index (χ1n) is 10.1. The fourth-order valence-electron chi connectivity index (χ4n) is 4.11. The van der Waals surface area contributed by atoms with Gasteiger partial charge in [-0.3, -0.25) is 4.79 Å². The zero-order valence-corrected chi connectivity index (χ0v) is 17.7. The van der Waals surface area contributed by atoms with E-state index in [-0.39, 0.29) is 5.97 Å². The van der Waals surface area contributed by atoms with E-state index in [1.165, 1.54) is 23.6 Å². The van der Waals surface area contributed by atoms with Crippen LogP contribution in [-0.2, 0) is 22.6 Å². The van der Waals surface area contributed by atoms with Crippen LogP contribution < -0.4 is 4.74 Å². The molecule has 0 aromatic heterocycles. The fraction of sp³-hybridized carbons (Fsp3) is 0.375. The summed E-state index contributed by atoms with van der Waals surface area (Å²) in [6.07, 6.45) is 2.78. The summed E-state index contributed by atoms with van der Waals surface area (Å²) in [5.41, 5.74) is 7.35. The molecule has 1 fully saturated rings. The summed E-state index contributed by atoms with van der Waals surface area (Å²) in [6, 6.07) is 12.4. The molecule has 4 nitrogen and oxygen atoms in total. The van der Waals surface area contributed by atoms with E-state index in [1.54, 1.807) is 0 Å². The molecule has 29 heavy (non-hydrogen) atoms. The van der Waals surface area contributed by atoms with Gasteiger partial charge >= 0.3 is 5.97 Å². The molecular formula is C24H26ClNO3. The second-order valence-corrected chi connectivity index (χ2v) is 8.23. The van der Waals surface area contributed by atoms with Crippen LogP contribution in [0.5, 0.6) is 5.75 Å². The number of rotatable bonds is 3. The van der Waals surface area contributed by atoms with Crippen LogP contribution in [-0.4, -0.2) is 37.6 Å². The number of esters is 1. The van der Waals surface area contributed by atoms with E-state index in [4.69, 9.17) is 21.1 Å². The predicted octanol–water partition coefficient (Wildman–Crippen LogP) is 4.87. The van der Waals surface area contributed by atoms with Crippen LogP contribution in [0.25, 0.3) is 5.57 Å². The van der Waals surface area contributed by atoms with Crippen molar-refractivity contribution in [2.24, 2.45) is 0 Å². The highest BCUT2D eigenvalue weighted by atomic mass is 35.5. The van der Waals surface area contributed by atoms with Gasteiger partial charge in [0.15, 0.2) is 0 Å². The third kappa shape index (κ3) is 4.49. The van der Waals surface area contributed by atoms with Crippen LogP contribution in [0, 0.1) is 0 Å². The van der Waals surface area contributed by atoms with E-state index in [9.17, 15) is 4.79 Å². The minimum atomic E-state index is -0.247. The Morgan fingerprint density at radius 1 is 1.14 bits per heavy atom. The third-order valence-corrected chi connectivity index (χ3v) is 5.91. The molecule has 0 saturated carbocycles. The first-order chi connectivity index (χ1) is 14.0. The Morgan fingerprint density at radius 3 is 2.69 bits per heavy atom. The minimum absolute atomic E-state index is 0.247. The smallest absolute Gasteiger partial charge is 0.302 e. The molecule has 0 aliphatic carbocycles. The molecule has 5 heteroatoms. The zero-order valence-electron chi connectivity index (χ0n) is 17.0. The van der Waals surface area contributed by atoms with Crippen molar-refractivity contribution in [2.45, 2.75) is 32.8 Å². The average molecular weight is 412 g/mol. The van der Waals surface area contributed by atoms with E-state index in [0.29, 0.717) is 19.6 Å². The molecule has 0 atom stereocenters. The molecule has 0 amide bonds.